The van der Waals surface area contributed by atoms with Gasteiger partial charge >= 0.3 is 11.9 Å². The minimum absolute atomic E-state index is 0.0377. The Morgan fingerprint density at radius 3 is 2.59 bits per heavy atom. The second kappa shape index (κ2) is 10.5. The number of esters is 1. The van der Waals surface area contributed by atoms with Gasteiger partial charge in [-0.25, -0.2) is 14.6 Å². The Morgan fingerprint density at radius 1 is 1.15 bits per heavy atom. The minimum atomic E-state index is -1.14. The van der Waals surface area contributed by atoms with Crippen molar-refractivity contribution in [1.82, 2.24) is 4.57 Å². The molecule has 3 heterocycles. The average molecular weight is 563 g/mol. The number of carbonyl (C=O) groups excluding carboxylic acids is 1. The average Bonchev–Trinajstić information content (AvgIpc) is 3.48. The van der Waals surface area contributed by atoms with Crippen LogP contribution in [0.4, 0.5) is 0 Å². The first kappa shape index (κ1) is 26.4. The van der Waals surface area contributed by atoms with E-state index in [9.17, 15) is 19.5 Å². The number of carboxylic acids is 1. The highest BCUT2D eigenvalue weighted by Crippen LogP contribution is 2.31. The van der Waals surface area contributed by atoms with E-state index in [1.165, 1.54) is 28.0 Å². The molecule has 0 aliphatic carbocycles. The normalized spacial score (nSPS) is 15.2. The third-order valence-electron chi connectivity index (χ3n) is 6.29. The lowest BCUT2D eigenvalue weighted by molar-refractivity contribution is -0.139. The van der Waals surface area contributed by atoms with Gasteiger partial charge in [-0.3, -0.25) is 9.36 Å². The SMILES string of the molecule is CCOC(=O)C1=C(C)N=c2sc(=Cc3ccc(-c4ccc(Cl)c(C(=O)O)c4)o3)c(=O)n2[C@H]1c1ccc(C)cc1. The molecule has 10 heteroatoms. The van der Waals surface area contributed by atoms with Crippen molar-refractivity contribution >= 4 is 41.0 Å². The Morgan fingerprint density at radius 2 is 1.90 bits per heavy atom. The molecule has 198 valence electrons. The van der Waals surface area contributed by atoms with Gasteiger partial charge in [0.05, 0.1) is 39.0 Å². The number of carbonyl (C=O) groups is 2. The Bertz CT molecular complexity index is 1830. The largest absolute Gasteiger partial charge is 0.478 e. The zero-order valence-corrected chi connectivity index (χ0v) is 22.8. The van der Waals surface area contributed by atoms with E-state index in [4.69, 9.17) is 20.8 Å². The van der Waals surface area contributed by atoms with Gasteiger partial charge in [-0.05, 0) is 56.7 Å². The second-order valence-electron chi connectivity index (χ2n) is 8.91. The number of thiazole rings is 1. The Kier molecular flexibility index (Phi) is 7.12. The number of hydrogen-bond acceptors (Lipinski definition) is 7. The van der Waals surface area contributed by atoms with Crippen molar-refractivity contribution in [2.45, 2.75) is 26.8 Å². The van der Waals surface area contributed by atoms with E-state index in [2.05, 4.69) is 4.99 Å². The summed E-state index contributed by atoms with van der Waals surface area (Å²) in [5.74, 6) is -0.838. The molecule has 2 aromatic carbocycles. The summed E-state index contributed by atoms with van der Waals surface area (Å²) in [7, 11) is 0. The number of benzene rings is 2. The summed E-state index contributed by atoms with van der Waals surface area (Å²) in [6.45, 7) is 5.63. The number of halogens is 1. The van der Waals surface area contributed by atoms with Crippen molar-refractivity contribution in [1.29, 1.82) is 0 Å². The van der Waals surface area contributed by atoms with Gasteiger partial charge in [-0.15, -0.1) is 0 Å². The summed E-state index contributed by atoms with van der Waals surface area (Å²) in [6.07, 6.45) is 1.61. The fourth-order valence-corrected chi connectivity index (χ4v) is 5.64. The van der Waals surface area contributed by atoms with E-state index in [1.54, 1.807) is 38.1 Å². The highest BCUT2D eigenvalue weighted by molar-refractivity contribution is 7.07. The fourth-order valence-electron chi connectivity index (χ4n) is 4.41. The Hall–Kier alpha value is -4.21. The number of rotatable bonds is 6. The molecule has 2 aromatic heterocycles. The first-order chi connectivity index (χ1) is 18.7. The van der Waals surface area contributed by atoms with Crippen LogP contribution >= 0.6 is 22.9 Å². The molecule has 0 saturated heterocycles. The maximum atomic E-state index is 13.7. The van der Waals surface area contributed by atoms with E-state index in [1.807, 2.05) is 31.2 Å². The monoisotopic (exact) mass is 562 g/mol. The first-order valence-electron chi connectivity index (χ1n) is 12.1. The van der Waals surface area contributed by atoms with Gasteiger partial charge in [0.2, 0.25) is 0 Å². The highest BCUT2D eigenvalue weighted by Gasteiger charge is 2.33. The van der Waals surface area contributed by atoms with Crippen molar-refractivity contribution in [3.8, 4) is 11.3 Å². The van der Waals surface area contributed by atoms with Crippen molar-refractivity contribution in [2.24, 2.45) is 4.99 Å². The van der Waals surface area contributed by atoms with Gasteiger partial charge in [0.25, 0.3) is 5.56 Å². The van der Waals surface area contributed by atoms with Gasteiger partial charge in [-0.1, -0.05) is 52.8 Å². The second-order valence-corrected chi connectivity index (χ2v) is 10.3. The van der Waals surface area contributed by atoms with Crippen LogP contribution in [0.3, 0.4) is 0 Å². The lowest BCUT2D eigenvalue weighted by atomic mass is 9.95. The van der Waals surface area contributed by atoms with Crippen LogP contribution in [0.1, 0.15) is 47.1 Å². The number of nitrogens with zero attached hydrogens (tertiary/aromatic N) is 2. The third-order valence-corrected chi connectivity index (χ3v) is 7.60. The van der Waals surface area contributed by atoms with Crippen LogP contribution in [0.15, 0.2) is 80.1 Å². The fraction of sp³-hybridized carbons (Fsp3) is 0.172. The molecule has 0 amide bonds. The van der Waals surface area contributed by atoms with E-state index in [0.29, 0.717) is 37.7 Å². The molecule has 0 saturated carbocycles. The molecule has 8 nitrogen and oxygen atoms in total. The summed E-state index contributed by atoms with van der Waals surface area (Å²) in [5, 5.41) is 9.49. The van der Waals surface area contributed by atoms with Crippen LogP contribution in [0, 0.1) is 6.92 Å². The summed E-state index contributed by atoms with van der Waals surface area (Å²) in [6, 6.07) is 14.9. The van der Waals surface area contributed by atoms with Crippen molar-refractivity contribution in [3.05, 3.63) is 113 Å². The van der Waals surface area contributed by atoms with Gasteiger partial charge in [0.15, 0.2) is 4.80 Å². The molecule has 0 bridgehead atoms. The number of aryl methyl sites for hydroxylation is 1. The molecule has 0 fully saturated rings. The molecule has 0 unspecified atom stereocenters. The summed E-state index contributed by atoms with van der Waals surface area (Å²) in [4.78, 5) is 43.2. The predicted molar refractivity (Wildman–Crippen MR) is 148 cm³/mol. The highest BCUT2D eigenvalue weighted by atomic mass is 35.5. The first-order valence-corrected chi connectivity index (χ1v) is 13.3. The number of allylic oxidation sites excluding steroid dienone is 1. The molecule has 1 aliphatic heterocycles. The van der Waals surface area contributed by atoms with Crippen molar-refractivity contribution in [2.75, 3.05) is 6.61 Å². The molecule has 39 heavy (non-hydrogen) atoms. The van der Waals surface area contributed by atoms with Crippen molar-refractivity contribution < 1.29 is 23.8 Å². The van der Waals surface area contributed by atoms with Crippen LogP contribution in [0.25, 0.3) is 17.4 Å². The summed E-state index contributed by atoms with van der Waals surface area (Å²) >= 11 is 7.17. The van der Waals surface area contributed by atoms with E-state index >= 15 is 0 Å². The maximum absolute atomic E-state index is 13.7. The third kappa shape index (κ3) is 4.98. The van der Waals surface area contributed by atoms with E-state index in [-0.39, 0.29) is 22.8 Å². The number of ether oxygens (including phenoxy) is 1. The molecule has 1 atom stereocenters. The van der Waals surface area contributed by atoms with E-state index < -0.39 is 18.0 Å². The van der Waals surface area contributed by atoms with Crippen LogP contribution in [-0.2, 0) is 9.53 Å². The van der Waals surface area contributed by atoms with Gasteiger partial charge in [-0.2, -0.15) is 0 Å². The molecule has 1 N–H and O–H groups in total. The lowest BCUT2D eigenvalue weighted by Crippen LogP contribution is -2.39. The number of fused-ring (bicyclic) bond motifs is 1. The number of aromatic carboxylic acids is 1. The van der Waals surface area contributed by atoms with Crippen LogP contribution in [0.2, 0.25) is 5.02 Å². The van der Waals surface area contributed by atoms with Gasteiger partial charge in [0.1, 0.15) is 11.5 Å². The minimum Gasteiger partial charge on any atom is -0.478 e. The lowest BCUT2D eigenvalue weighted by Gasteiger charge is -2.24. The quantitative estimate of drug-likeness (QED) is 0.340. The maximum Gasteiger partial charge on any atom is 0.338 e. The number of carboxylic acid groups (broad SMARTS) is 1. The zero-order chi connectivity index (χ0) is 27.8. The van der Waals surface area contributed by atoms with E-state index in [0.717, 1.165) is 11.1 Å². The Labute approximate surface area is 231 Å². The number of furan rings is 1. The van der Waals surface area contributed by atoms with Crippen LogP contribution in [0.5, 0.6) is 0 Å². The van der Waals surface area contributed by atoms with Crippen LogP contribution < -0.4 is 14.9 Å². The molecular weight excluding hydrogens is 540 g/mol. The Balaban J connectivity index is 1.61. The number of aromatic nitrogens is 1. The smallest absolute Gasteiger partial charge is 0.338 e. The summed E-state index contributed by atoms with van der Waals surface area (Å²) in [5.41, 5.74) is 2.80. The van der Waals surface area contributed by atoms with Crippen LogP contribution in [-0.4, -0.2) is 28.2 Å². The summed E-state index contributed by atoms with van der Waals surface area (Å²) < 4.78 is 13.1. The number of hydrogen-bond donors (Lipinski definition) is 1. The molecule has 1 aliphatic rings. The topological polar surface area (TPSA) is 111 Å². The van der Waals surface area contributed by atoms with Gasteiger partial charge < -0.3 is 14.3 Å². The molecule has 4 aromatic rings. The van der Waals surface area contributed by atoms with Gasteiger partial charge in [0, 0.05) is 11.6 Å². The molecule has 0 radical (unpaired) electrons. The van der Waals surface area contributed by atoms with Crippen molar-refractivity contribution in [3.63, 3.8) is 0 Å². The molecular formula is C29H23ClN2O6S. The molecule has 0 spiro atoms. The standard InChI is InChI=1S/C29H23ClN2O6S/c1-4-37-28(36)24-16(3)31-29-32(25(24)17-7-5-15(2)6-8-17)26(33)23(39-29)14-19-10-12-22(38-19)18-9-11-21(30)20(13-18)27(34)35/h5-14,25H,4H2,1-3H3,(H,34,35)/t25-/m0/s1. The zero-order valence-electron chi connectivity index (χ0n) is 21.2. The molecule has 5 rings (SSSR count). The predicted octanol–water partition coefficient (Wildman–Crippen LogP) is 4.72.